The highest BCUT2D eigenvalue weighted by atomic mass is 79.9. The van der Waals surface area contributed by atoms with Crippen molar-refractivity contribution in [3.63, 3.8) is 0 Å². The summed E-state index contributed by atoms with van der Waals surface area (Å²) in [6.07, 6.45) is 0. The van der Waals surface area contributed by atoms with Gasteiger partial charge in [-0.05, 0) is 48.9 Å². The van der Waals surface area contributed by atoms with Crippen LogP contribution in [-0.2, 0) is 4.74 Å². The standard InChI is InChI=1S/C21H18BrNO4S/c1-12-17(13-4-8-15(22)9-5-13)18(21(25)27-3)20(28-12)23-19(24)14-6-10-16(26-2)11-7-14/h4-11H,1-3H3,(H,23,24). The van der Waals surface area contributed by atoms with Gasteiger partial charge in [-0.15, -0.1) is 11.3 Å². The molecule has 0 aliphatic rings. The topological polar surface area (TPSA) is 64.6 Å². The number of nitrogens with one attached hydrogen (secondary N) is 1. The number of thiophene rings is 1. The quantitative estimate of drug-likeness (QED) is 0.509. The van der Waals surface area contributed by atoms with Crippen molar-refractivity contribution in [1.29, 1.82) is 0 Å². The van der Waals surface area contributed by atoms with Crippen LogP contribution in [0.2, 0.25) is 0 Å². The lowest BCUT2D eigenvalue weighted by molar-refractivity contribution is 0.0603. The van der Waals surface area contributed by atoms with E-state index in [0.29, 0.717) is 21.9 Å². The van der Waals surface area contributed by atoms with Crippen LogP contribution in [0.4, 0.5) is 5.00 Å². The molecule has 0 bridgehead atoms. The molecule has 3 rings (SSSR count). The molecule has 0 atom stereocenters. The number of carbonyl (C=O) groups excluding carboxylic acids is 2. The van der Waals surface area contributed by atoms with Gasteiger partial charge in [0.2, 0.25) is 0 Å². The van der Waals surface area contributed by atoms with Crippen LogP contribution in [0.25, 0.3) is 11.1 Å². The third kappa shape index (κ3) is 4.10. The third-order valence-corrected chi connectivity index (χ3v) is 5.74. The Hall–Kier alpha value is -2.64. The lowest BCUT2D eigenvalue weighted by atomic mass is 10.0. The molecular formula is C21H18BrNO4S. The lowest BCUT2D eigenvalue weighted by Crippen LogP contribution is -2.14. The van der Waals surface area contributed by atoms with Crippen LogP contribution in [0.3, 0.4) is 0 Å². The van der Waals surface area contributed by atoms with Crippen molar-refractivity contribution in [2.75, 3.05) is 19.5 Å². The maximum atomic E-state index is 12.7. The van der Waals surface area contributed by atoms with Crippen molar-refractivity contribution in [1.82, 2.24) is 0 Å². The number of carbonyl (C=O) groups is 2. The summed E-state index contributed by atoms with van der Waals surface area (Å²) in [5.74, 6) is -0.139. The van der Waals surface area contributed by atoms with E-state index in [9.17, 15) is 9.59 Å². The van der Waals surface area contributed by atoms with Crippen LogP contribution < -0.4 is 10.1 Å². The summed E-state index contributed by atoms with van der Waals surface area (Å²) in [6, 6.07) is 14.4. The molecule has 5 nitrogen and oxygen atoms in total. The highest BCUT2D eigenvalue weighted by molar-refractivity contribution is 9.10. The predicted molar refractivity (Wildman–Crippen MR) is 114 cm³/mol. The maximum Gasteiger partial charge on any atom is 0.341 e. The molecule has 0 aliphatic carbocycles. The average Bonchev–Trinajstić information content (AvgIpc) is 3.03. The number of benzene rings is 2. The molecule has 0 saturated heterocycles. The van der Waals surface area contributed by atoms with Crippen molar-refractivity contribution in [3.05, 3.63) is 69.0 Å². The summed E-state index contributed by atoms with van der Waals surface area (Å²) in [5, 5.41) is 3.31. The number of rotatable bonds is 5. The molecule has 0 aliphatic heterocycles. The van der Waals surface area contributed by atoms with Gasteiger partial charge in [0.05, 0.1) is 14.2 Å². The first-order valence-corrected chi connectivity index (χ1v) is 9.98. The van der Waals surface area contributed by atoms with Gasteiger partial charge in [0, 0.05) is 20.5 Å². The molecule has 1 N–H and O–H groups in total. The number of anilines is 1. The van der Waals surface area contributed by atoms with Gasteiger partial charge in [0.1, 0.15) is 16.3 Å². The lowest BCUT2D eigenvalue weighted by Gasteiger charge is -2.09. The normalized spacial score (nSPS) is 10.4. The van der Waals surface area contributed by atoms with Crippen molar-refractivity contribution in [3.8, 4) is 16.9 Å². The van der Waals surface area contributed by atoms with Crippen molar-refractivity contribution in [2.45, 2.75) is 6.92 Å². The second kappa shape index (κ2) is 8.58. The predicted octanol–water partition coefficient (Wildman–Crippen LogP) is 5.53. The van der Waals surface area contributed by atoms with Crippen LogP contribution in [0.1, 0.15) is 25.6 Å². The van der Waals surface area contributed by atoms with Crippen molar-refractivity contribution >= 4 is 44.1 Å². The fourth-order valence-corrected chi connectivity index (χ4v) is 4.14. The Morgan fingerprint density at radius 2 is 1.64 bits per heavy atom. The van der Waals surface area contributed by atoms with Gasteiger partial charge in [-0.1, -0.05) is 28.1 Å². The maximum absolute atomic E-state index is 12.7. The molecule has 0 spiro atoms. The number of ether oxygens (including phenoxy) is 2. The number of halogens is 1. The molecule has 1 amide bonds. The smallest absolute Gasteiger partial charge is 0.341 e. The van der Waals surface area contributed by atoms with E-state index in [1.54, 1.807) is 31.4 Å². The molecule has 0 saturated carbocycles. The average molecular weight is 460 g/mol. The number of hydrogen-bond donors (Lipinski definition) is 1. The molecule has 0 radical (unpaired) electrons. The molecule has 28 heavy (non-hydrogen) atoms. The minimum Gasteiger partial charge on any atom is -0.497 e. The van der Waals surface area contributed by atoms with Gasteiger partial charge in [0.15, 0.2) is 0 Å². The van der Waals surface area contributed by atoms with E-state index in [4.69, 9.17) is 9.47 Å². The highest BCUT2D eigenvalue weighted by Gasteiger charge is 2.25. The number of hydrogen-bond acceptors (Lipinski definition) is 5. The molecule has 0 unspecified atom stereocenters. The Labute approximate surface area is 175 Å². The van der Waals surface area contributed by atoms with E-state index < -0.39 is 5.97 Å². The summed E-state index contributed by atoms with van der Waals surface area (Å²) >= 11 is 4.76. The first-order chi connectivity index (χ1) is 13.4. The number of amides is 1. The third-order valence-electron chi connectivity index (χ3n) is 4.19. The van der Waals surface area contributed by atoms with E-state index >= 15 is 0 Å². The molecule has 0 fully saturated rings. The molecule has 1 aromatic heterocycles. The van der Waals surface area contributed by atoms with E-state index in [0.717, 1.165) is 20.5 Å². The van der Waals surface area contributed by atoms with Gasteiger partial charge in [0.25, 0.3) is 5.91 Å². The van der Waals surface area contributed by atoms with Crippen LogP contribution >= 0.6 is 27.3 Å². The summed E-state index contributed by atoms with van der Waals surface area (Å²) in [4.78, 5) is 26.1. The number of esters is 1. The largest absolute Gasteiger partial charge is 0.497 e. The zero-order valence-electron chi connectivity index (χ0n) is 15.5. The first-order valence-electron chi connectivity index (χ1n) is 8.37. The Bertz CT molecular complexity index is 1010. The fourth-order valence-electron chi connectivity index (χ4n) is 2.81. The zero-order valence-corrected chi connectivity index (χ0v) is 17.9. The molecule has 7 heteroatoms. The number of methoxy groups -OCH3 is 2. The van der Waals surface area contributed by atoms with Gasteiger partial charge in [-0.2, -0.15) is 0 Å². The second-order valence-electron chi connectivity index (χ2n) is 5.92. The van der Waals surface area contributed by atoms with Crippen LogP contribution in [0.5, 0.6) is 5.75 Å². The Morgan fingerprint density at radius 1 is 1.00 bits per heavy atom. The SMILES string of the molecule is COC(=O)c1c(NC(=O)c2ccc(OC)cc2)sc(C)c1-c1ccc(Br)cc1. The number of aryl methyl sites for hydroxylation is 1. The summed E-state index contributed by atoms with van der Waals surface area (Å²) in [5.41, 5.74) is 2.46. The van der Waals surface area contributed by atoms with Gasteiger partial charge in [-0.3, -0.25) is 4.79 Å². The molecule has 1 heterocycles. The summed E-state index contributed by atoms with van der Waals surface area (Å²) < 4.78 is 11.0. The summed E-state index contributed by atoms with van der Waals surface area (Å²) in [6.45, 7) is 1.91. The molecule has 3 aromatic rings. The Balaban J connectivity index is 2.00. The van der Waals surface area contributed by atoms with E-state index in [1.165, 1.54) is 18.4 Å². The molecular weight excluding hydrogens is 442 g/mol. The Morgan fingerprint density at radius 3 is 2.21 bits per heavy atom. The van der Waals surface area contributed by atoms with Gasteiger partial charge >= 0.3 is 5.97 Å². The van der Waals surface area contributed by atoms with Gasteiger partial charge < -0.3 is 14.8 Å². The van der Waals surface area contributed by atoms with E-state index in [1.807, 2.05) is 31.2 Å². The first kappa shape index (κ1) is 20.1. The minimum absolute atomic E-state index is 0.309. The monoisotopic (exact) mass is 459 g/mol. The highest BCUT2D eigenvalue weighted by Crippen LogP contribution is 2.40. The van der Waals surface area contributed by atoms with Crippen molar-refractivity contribution < 1.29 is 19.1 Å². The molecule has 2 aromatic carbocycles. The minimum atomic E-state index is -0.493. The van der Waals surface area contributed by atoms with Crippen LogP contribution in [-0.4, -0.2) is 26.1 Å². The second-order valence-corrected chi connectivity index (χ2v) is 8.06. The fraction of sp³-hybridized carbons (Fsp3) is 0.143. The van der Waals surface area contributed by atoms with Crippen molar-refractivity contribution in [2.24, 2.45) is 0 Å². The summed E-state index contributed by atoms with van der Waals surface area (Å²) in [7, 11) is 2.89. The Kier molecular flexibility index (Phi) is 6.16. The van der Waals surface area contributed by atoms with E-state index in [-0.39, 0.29) is 5.91 Å². The molecule has 144 valence electrons. The van der Waals surface area contributed by atoms with Crippen LogP contribution in [0.15, 0.2) is 53.0 Å². The zero-order chi connectivity index (χ0) is 20.3. The van der Waals surface area contributed by atoms with Crippen LogP contribution in [0, 0.1) is 6.92 Å². The van der Waals surface area contributed by atoms with E-state index in [2.05, 4.69) is 21.2 Å². The van der Waals surface area contributed by atoms with Gasteiger partial charge in [-0.25, -0.2) is 4.79 Å².